The fourth-order valence-electron chi connectivity index (χ4n) is 4.03. The molecule has 5 rings (SSSR count). The number of aromatic nitrogens is 2. The highest BCUT2D eigenvalue weighted by Gasteiger charge is 2.23. The number of benzene rings is 2. The Balaban J connectivity index is 1.33. The summed E-state index contributed by atoms with van der Waals surface area (Å²) in [6.45, 7) is 0.939. The average molecular weight is 477 g/mol. The van der Waals surface area contributed by atoms with Gasteiger partial charge in [-0.1, -0.05) is 12.1 Å². The normalized spacial score (nSPS) is 14.1. The Morgan fingerprint density at radius 2 is 1.91 bits per heavy atom. The number of carbonyl (C=O) groups excluding carboxylic acids is 1. The molecular weight excluding hydrogens is 455 g/mol. The van der Waals surface area contributed by atoms with E-state index in [-0.39, 0.29) is 22.1 Å². The van der Waals surface area contributed by atoms with Crippen molar-refractivity contribution in [2.75, 3.05) is 17.8 Å². The number of fused-ring (bicyclic) bond motifs is 1. The van der Waals surface area contributed by atoms with Gasteiger partial charge in [-0.3, -0.25) is 9.52 Å². The second-order valence-electron chi connectivity index (χ2n) is 7.97. The van der Waals surface area contributed by atoms with Crippen molar-refractivity contribution in [3.63, 3.8) is 0 Å². The summed E-state index contributed by atoms with van der Waals surface area (Å²) in [5.41, 5.74) is 3.57. The van der Waals surface area contributed by atoms with Crippen LogP contribution in [0.2, 0.25) is 0 Å². The summed E-state index contributed by atoms with van der Waals surface area (Å²) in [5, 5.41) is 1.04. The van der Waals surface area contributed by atoms with E-state index >= 15 is 0 Å². The van der Waals surface area contributed by atoms with Gasteiger partial charge in [-0.25, -0.2) is 17.8 Å². The zero-order valence-corrected chi connectivity index (χ0v) is 18.8. The first-order valence-electron chi connectivity index (χ1n) is 10.7. The Morgan fingerprint density at radius 3 is 2.68 bits per heavy atom. The van der Waals surface area contributed by atoms with E-state index in [1.807, 2.05) is 24.4 Å². The van der Waals surface area contributed by atoms with Crippen LogP contribution in [-0.2, 0) is 10.0 Å². The molecule has 2 N–H and O–H groups in total. The third-order valence-corrected chi connectivity index (χ3v) is 7.16. The summed E-state index contributed by atoms with van der Waals surface area (Å²) in [4.78, 5) is 22.2. The first-order valence-corrected chi connectivity index (χ1v) is 12.2. The molecule has 0 saturated carbocycles. The van der Waals surface area contributed by atoms with Crippen LogP contribution in [0.4, 0.5) is 10.1 Å². The molecule has 0 atom stereocenters. The van der Waals surface area contributed by atoms with Crippen LogP contribution in [0.1, 0.15) is 22.3 Å². The molecule has 0 bridgehead atoms. The smallest absolute Gasteiger partial charge is 0.261 e. The topological polar surface area (TPSA) is 95.2 Å². The van der Waals surface area contributed by atoms with E-state index in [0.29, 0.717) is 19.5 Å². The number of hydrogen-bond donors (Lipinski definition) is 2. The van der Waals surface area contributed by atoms with Crippen molar-refractivity contribution in [1.29, 1.82) is 0 Å². The second kappa shape index (κ2) is 8.75. The summed E-state index contributed by atoms with van der Waals surface area (Å²) < 4.78 is 41.1. The van der Waals surface area contributed by atoms with Crippen LogP contribution in [0.5, 0.6) is 0 Å². The van der Waals surface area contributed by atoms with Gasteiger partial charge in [0.05, 0.1) is 4.90 Å². The van der Waals surface area contributed by atoms with Crippen molar-refractivity contribution < 1.29 is 17.6 Å². The summed E-state index contributed by atoms with van der Waals surface area (Å²) >= 11 is 0. The molecule has 1 aliphatic rings. The molecule has 0 saturated heterocycles. The molecule has 0 unspecified atom stereocenters. The molecule has 2 aromatic heterocycles. The van der Waals surface area contributed by atoms with Crippen molar-refractivity contribution in [1.82, 2.24) is 14.9 Å². The Morgan fingerprint density at radius 1 is 1.09 bits per heavy atom. The van der Waals surface area contributed by atoms with Gasteiger partial charge in [-0.2, -0.15) is 0 Å². The minimum absolute atomic E-state index is 0.0396. The number of H-pyrrole nitrogens is 1. The molecule has 4 aromatic rings. The molecule has 0 radical (unpaired) electrons. The maximum Gasteiger partial charge on any atom is 0.261 e. The summed E-state index contributed by atoms with van der Waals surface area (Å²) in [7, 11) is -3.94. The number of anilines is 1. The molecule has 9 heteroatoms. The second-order valence-corrected chi connectivity index (χ2v) is 9.66. The first kappa shape index (κ1) is 21.8. The SMILES string of the molecule is O=C(c1cccc(S(=O)(=O)Nc2ccc(F)cc2)c1)N1CC=C(c2c[nH]c3ncccc23)CC1. The lowest BCUT2D eigenvalue weighted by molar-refractivity contribution is 0.0772. The van der Waals surface area contributed by atoms with E-state index in [1.54, 1.807) is 17.2 Å². The van der Waals surface area contributed by atoms with Crippen molar-refractivity contribution in [3.8, 4) is 0 Å². The van der Waals surface area contributed by atoms with Crippen LogP contribution in [-0.4, -0.2) is 42.3 Å². The van der Waals surface area contributed by atoms with Crippen molar-refractivity contribution in [2.45, 2.75) is 11.3 Å². The number of nitrogens with zero attached hydrogens (tertiary/aromatic N) is 2. The molecule has 0 spiro atoms. The summed E-state index contributed by atoms with van der Waals surface area (Å²) in [5.74, 6) is -0.703. The van der Waals surface area contributed by atoms with E-state index in [1.165, 1.54) is 42.5 Å². The number of halogens is 1. The number of rotatable bonds is 5. The minimum atomic E-state index is -3.94. The molecule has 0 aliphatic carbocycles. The maximum absolute atomic E-state index is 13.1. The predicted molar refractivity (Wildman–Crippen MR) is 128 cm³/mol. The van der Waals surface area contributed by atoms with Crippen molar-refractivity contribution in [3.05, 3.63) is 96.1 Å². The monoisotopic (exact) mass is 476 g/mol. The highest BCUT2D eigenvalue weighted by molar-refractivity contribution is 7.92. The Bertz CT molecular complexity index is 1510. The molecule has 3 heterocycles. The lowest BCUT2D eigenvalue weighted by Gasteiger charge is -2.26. The number of amides is 1. The van der Waals surface area contributed by atoms with Crippen LogP contribution in [0.15, 0.2) is 84.0 Å². The third kappa shape index (κ3) is 4.29. The van der Waals surface area contributed by atoms with E-state index in [0.717, 1.165) is 22.2 Å². The van der Waals surface area contributed by atoms with Crippen LogP contribution in [0.3, 0.4) is 0 Å². The quantitative estimate of drug-likeness (QED) is 0.445. The third-order valence-electron chi connectivity index (χ3n) is 5.78. The molecule has 172 valence electrons. The van der Waals surface area contributed by atoms with Crippen LogP contribution in [0.25, 0.3) is 16.6 Å². The van der Waals surface area contributed by atoms with Gasteiger partial charge in [-0.15, -0.1) is 0 Å². The van der Waals surface area contributed by atoms with E-state index in [9.17, 15) is 17.6 Å². The summed E-state index contributed by atoms with van der Waals surface area (Å²) in [6.07, 6.45) is 6.37. The largest absolute Gasteiger partial charge is 0.346 e. The molecule has 2 aromatic carbocycles. The average Bonchev–Trinajstić information content (AvgIpc) is 3.29. The van der Waals surface area contributed by atoms with Crippen LogP contribution >= 0.6 is 0 Å². The predicted octanol–water partition coefficient (Wildman–Crippen LogP) is 4.43. The fourth-order valence-corrected chi connectivity index (χ4v) is 5.13. The standard InChI is InChI=1S/C25H21FN4O3S/c26-19-6-8-20(9-7-19)29-34(32,33)21-4-1-3-18(15-21)25(31)30-13-10-17(11-14-30)23-16-28-24-22(23)5-2-12-27-24/h1-10,12,15-16,29H,11,13-14H2,(H,27,28). The Kier molecular flexibility index (Phi) is 5.62. The zero-order chi connectivity index (χ0) is 23.7. The highest BCUT2D eigenvalue weighted by atomic mass is 32.2. The molecule has 7 nitrogen and oxygen atoms in total. The number of sulfonamides is 1. The van der Waals surface area contributed by atoms with Gasteiger partial charge in [0.15, 0.2) is 0 Å². The number of aromatic amines is 1. The molecule has 1 aliphatic heterocycles. The van der Waals surface area contributed by atoms with Gasteiger partial charge in [-0.05, 0) is 66.6 Å². The highest BCUT2D eigenvalue weighted by Crippen LogP contribution is 2.29. The van der Waals surface area contributed by atoms with Crippen LogP contribution < -0.4 is 4.72 Å². The maximum atomic E-state index is 13.1. The van der Waals surface area contributed by atoms with Gasteiger partial charge < -0.3 is 9.88 Å². The van der Waals surface area contributed by atoms with Gasteiger partial charge in [0.1, 0.15) is 11.5 Å². The fraction of sp³-hybridized carbons (Fsp3) is 0.120. The Hall–Kier alpha value is -3.98. The number of pyridine rings is 1. The van der Waals surface area contributed by atoms with Gasteiger partial charge >= 0.3 is 0 Å². The lowest BCUT2D eigenvalue weighted by Crippen LogP contribution is -2.34. The molecular formula is C25H21FN4O3S. The molecule has 1 amide bonds. The summed E-state index contributed by atoms with van der Waals surface area (Å²) in [6, 6.07) is 14.8. The van der Waals surface area contributed by atoms with E-state index in [4.69, 9.17) is 0 Å². The van der Waals surface area contributed by atoms with Crippen LogP contribution in [0, 0.1) is 5.82 Å². The minimum Gasteiger partial charge on any atom is -0.346 e. The van der Waals surface area contributed by atoms with Gasteiger partial charge in [0.2, 0.25) is 0 Å². The van der Waals surface area contributed by atoms with E-state index in [2.05, 4.69) is 14.7 Å². The number of hydrogen-bond acceptors (Lipinski definition) is 4. The molecule has 0 fully saturated rings. The van der Waals surface area contributed by atoms with Crippen molar-refractivity contribution >= 4 is 38.2 Å². The zero-order valence-electron chi connectivity index (χ0n) is 18.0. The van der Waals surface area contributed by atoms with Crippen molar-refractivity contribution in [2.24, 2.45) is 0 Å². The van der Waals surface area contributed by atoms with Gasteiger partial charge in [0, 0.05) is 47.7 Å². The number of carbonyl (C=O) groups is 1. The first-order chi connectivity index (χ1) is 16.4. The number of nitrogens with one attached hydrogen (secondary N) is 2. The lowest BCUT2D eigenvalue weighted by atomic mass is 9.99. The Labute approximate surface area is 196 Å². The molecule has 34 heavy (non-hydrogen) atoms. The van der Waals surface area contributed by atoms with Gasteiger partial charge in [0.25, 0.3) is 15.9 Å². The van der Waals surface area contributed by atoms with E-state index < -0.39 is 15.8 Å².